The number of amides is 1. The molecule has 0 spiro atoms. The van der Waals surface area contributed by atoms with Crippen LogP contribution >= 0.6 is 0 Å². The summed E-state index contributed by atoms with van der Waals surface area (Å²) in [6.45, 7) is 6.65. The van der Waals surface area contributed by atoms with Crippen LogP contribution in [0.15, 0.2) is 71.6 Å². The van der Waals surface area contributed by atoms with E-state index in [1.165, 1.54) is 0 Å². The lowest BCUT2D eigenvalue weighted by Crippen LogP contribution is -2.36. The Morgan fingerprint density at radius 2 is 1.61 bits per heavy atom. The van der Waals surface area contributed by atoms with Gasteiger partial charge in [-0.1, -0.05) is 18.2 Å². The standard InChI is InChI=1S/C25H27N3O4S/c1-18-7-12-22(17-19(18)2)33(30,31)27-21-10-8-20(9-11-21)25(29)26-23-5-3-4-6-24(23)28-13-15-32-16-14-28/h3-12,17,27H,13-16H2,1-2H3,(H,26,29). The fraction of sp³-hybridized carbons (Fsp3) is 0.240. The van der Waals surface area contributed by atoms with E-state index in [1.807, 2.05) is 38.1 Å². The normalized spacial score (nSPS) is 14.1. The zero-order valence-electron chi connectivity index (χ0n) is 18.7. The van der Waals surface area contributed by atoms with Gasteiger partial charge in [-0.05, 0) is 73.5 Å². The minimum atomic E-state index is -3.72. The number of aryl methyl sites for hydroxylation is 2. The third kappa shape index (κ3) is 5.35. The molecule has 1 heterocycles. The van der Waals surface area contributed by atoms with Crippen molar-refractivity contribution < 1.29 is 17.9 Å². The number of ether oxygens (including phenoxy) is 1. The van der Waals surface area contributed by atoms with Crippen molar-refractivity contribution in [3.8, 4) is 0 Å². The molecule has 172 valence electrons. The first-order chi connectivity index (χ1) is 15.8. The Bertz CT molecular complexity index is 1250. The first-order valence-corrected chi connectivity index (χ1v) is 12.2. The maximum Gasteiger partial charge on any atom is 0.261 e. The van der Waals surface area contributed by atoms with Crippen molar-refractivity contribution in [2.45, 2.75) is 18.7 Å². The number of carbonyl (C=O) groups is 1. The molecular weight excluding hydrogens is 438 g/mol. The maximum atomic E-state index is 12.8. The molecule has 1 fully saturated rings. The Labute approximate surface area is 194 Å². The Kier molecular flexibility index (Phi) is 6.67. The highest BCUT2D eigenvalue weighted by Crippen LogP contribution is 2.27. The van der Waals surface area contributed by atoms with Crippen molar-refractivity contribution in [2.75, 3.05) is 41.2 Å². The third-order valence-electron chi connectivity index (χ3n) is 5.69. The molecule has 1 aliphatic heterocycles. The highest BCUT2D eigenvalue weighted by molar-refractivity contribution is 7.92. The summed E-state index contributed by atoms with van der Waals surface area (Å²) in [5.74, 6) is -0.265. The van der Waals surface area contributed by atoms with Gasteiger partial charge in [0.05, 0.1) is 29.5 Å². The fourth-order valence-corrected chi connectivity index (χ4v) is 4.78. The van der Waals surface area contributed by atoms with Gasteiger partial charge in [0.25, 0.3) is 15.9 Å². The van der Waals surface area contributed by atoms with E-state index >= 15 is 0 Å². The van der Waals surface area contributed by atoms with Crippen molar-refractivity contribution in [3.05, 3.63) is 83.4 Å². The summed E-state index contributed by atoms with van der Waals surface area (Å²) < 4.78 is 33.4. The summed E-state index contributed by atoms with van der Waals surface area (Å²) in [5.41, 5.74) is 4.43. The second-order valence-corrected chi connectivity index (χ2v) is 9.68. The van der Waals surface area contributed by atoms with Gasteiger partial charge in [0.2, 0.25) is 0 Å². The topological polar surface area (TPSA) is 87.7 Å². The lowest BCUT2D eigenvalue weighted by Gasteiger charge is -2.30. The maximum absolute atomic E-state index is 12.8. The molecule has 0 unspecified atom stereocenters. The van der Waals surface area contributed by atoms with Crippen LogP contribution in [0.4, 0.5) is 17.1 Å². The van der Waals surface area contributed by atoms with E-state index in [0.717, 1.165) is 35.6 Å². The van der Waals surface area contributed by atoms with Crippen LogP contribution in [0.5, 0.6) is 0 Å². The Balaban J connectivity index is 1.46. The third-order valence-corrected chi connectivity index (χ3v) is 7.07. The summed E-state index contributed by atoms with van der Waals surface area (Å²) in [5, 5.41) is 2.97. The minimum Gasteiger partial charge on any atom is -0.378 e. The molecule has 3 aromatic carbocycles. The molecule has 0 saturated carbocycles. The highest BCUT2D eigenvalue weighted by atomic mass is 32.2. The number of sulfonamides is 1. The Morgan fingerprint density at radius 3 is 2.30 bits per heavy atom. The molecule has 33 heavy (non-hydrogen) atoms. The van der Waals surface area contributed by atoms with Crippen LogP contribution < -0.4 is 14.9 Å². The van der Waals surface area contributed by atoms with Gasteiger partial charge in [-0.3, -0.25) is 9.52 Å². The van der Waals surface area contributed by atoms with Gasteiger partial charge < -0.3 is 15.0 Å². The van der Waals surface area contributed by atoms with Gasteiger partial charge >= 0.3 is 0 Å². The summed E-state index contributed by atoms with van der Waals surface area (Å²) in [4.78, 5) is 15.2. The number of nitrogens with zero attached hydrogens (tertiary/aromatic N) is 1. The van der Waals surface area contributed by atoms with Crippen molar-refractivity contribution >= 4 is 33.0 Å². The molecule has 8 heteroatoms. The van der Waals surface area contributed by atoms with Crippen LogP contribution in [0.1, 0.15) is 21.5 Å². The monoisotopic (exact) mass is 465 g/mol. The minimum absolute atomic E-state index is 0.201. The largest absolute Gasteiger partial charge is 0.378 e. The summed E-state index contributed by atoms with van der Waals surface area (Å²) in [7, 11) is -3.72. The Hall–Kier alpha value is -3.36. The van der Waals surface area contributed by atoms with Crippen LogP contribution in [0, 0.1) is 13.8 Å². The van der Waals surface area contributed by atoms with Gasteiger partial charge in [-0.25, -0.2) is 8.42 Å². The molecule has 0 aromatic heterocycles. The smallest absolute Gasteiger partial charge is 0.261 e. The van der Waals surface area contributed by atoms with Gasteiger partial charge in [-0.15, -0.1) is 0 Å². The van der Waals surface area contributed by atoms with E-state index in [2.05, 4.69) is 14.9 Å². The van der Waals surface area contributed by atoms with Crippen LogP contribution in [-0.4, -0.2) is 40.6 Å². The van der Waals surface area contributed by atoms with Crippen molar-refractivity contribution in [1.82, 2.24) is 0 Å². The number of hydrogen-bond acceptors (Lipinski definition) is 5. The van der Waals surface area contributed by atoms with E-state index in [4.69, 9.17) is 4.74 Å². The zero-order chi connectivity index (χ0) is 23.4. The molecule has 1 saturated heterocycles. The van der Waals surface area contributed by atoms with Crippen LogP contribution in [0.25, 0.3) is 0 Å². The number of benzene rings is 3. The summed E-state index contributed by atoms with van der Waals surface area (Å²) >= 11 is 0. The molecular formula is C25H27N3O4S. The predicted molar refractivity (Wildman–Crippen MR) is 131 cm³/mol. The van der Waals surface area contributed by atoms with Crippen LogP contribution in [-0.2, 0) is 14.8 Å². The molecule has 0 radical (unpaired) electrons. The average Bonchev–Trinajstić information content (AvgIpc) is 2.82. The van der Waals surface area contributed by atoms with Crippen molar-refractivity contribution in [3.63, 3.8) is 0 Å². The van der Waals surface area contributed by atoms with Gasteiger partial charge in [-0.2, -0.15) is 0 Å². The molecule has 4 rings (SSSR count). The molecule has 0 atom stereocenters. The SMILES string of the molecule is Cc1ccc(S(=O)(=O)Nc2ccc(C(=O)Nc3ccccc3N3CCOCC3)cc2)cc1C. The molecule has 0 bridgehead atoms. The van der Waals surface area contributed by atoms with Crippen LogP contribution in [0.3, 0.4) is 0 Å². The Morgan fingerprint density at radius 1 is 0.909 bits per heavy atom. The first kappa shape index (κ1) is 22.8. The second kappa shape index (κ2) is 9.64. The lowest BCUT2D eigenvalue weighted by atomic mass is 10.1. The quantitative estimate of drug-likeness (QED) is 0.570. The van der Waals surface area contributed by atoms with E-state index < -0.39 is 10.0 Å². The summed E-state index contributed by atoms with van der Waals surface area (Å²) in [6.07, 6.45) is 0. The number of nitrogens with one attached hydrogen (secondary N) is 2. The highest BCUT2D eigenvalue weighted by Gasteiger charge is 2.18. The van der Waals surface area contributed by atoms with Gasteiger partial charge in [0.1, 0.15) is 0 Å². The molecule has 7 nitrogen and oxygen atoms in total. The van der Waals surface area contributed by atoms with E-state index in [9.17, 15) is 13.2 Å². The first-order valence-electron chi connectivity index (χ1n) is 10.8. The summed E-state index contributed by atoms with van der Waals surface area (Å²) in [6, 6.07) is 19.1. The predicted octanol–water partition coefficient (Wildman–Crippen LogP) is 4.19. The van der Waals surface area contributed by atoms with Crippen molar-refractivity contribution in [1.29, 1.82) is 0 Å². The lowest BCUT2D eigenvalue weighted by molar-refractivity contribution is 0.102. The molecule has 0 aliphatic carbocycles. The molecule has 1 aliphatic rings. The number of carbonyl (C=O) groups excluding carboxylic acids is 1. The number of rotatable bonds is 6. The number of para-hydroxylation sites is 2. The molecule has 3 aromatic rings. The van der Waals surface area contributed by atoms with E-state index in [0.29, 0.717) is 24.5 Å². The zero-order valence-corrected chi connectivity index (χ0v) is 19.5. The number of anilines is 3. The molecule has 2 N–H and O–H groups in total. The average molecular weight is 466 g/mol. The molecule has 1 amide bonds. The number of morpholine rings is 1. The second-order valence-electron chi connectivity index (χ2n) is 8.00. The number of hydrogen-bond donors (Lipinski definition) is 2. The van der Waals surface area contributed by atoms with Crippen molar-refractivity contribution in [2.24, 2.45) is 0 Å². The van der Waals surface area contributed by atoms with E-state index in [-0.39, 0.29) is 10.8 Å². The van der Waals surface area contributed by atoms with Crippen LogP contribution in [0.2, 0.25) is 0 Å². The van der Waals surface area contributed by atoms with E-state index in [1.54, 1.807) is 42.5 Å². The van der Waals surface area contributed by atoms with Gasteiger partial charge in [0, 0.05) is 24.3 Å². The van der Waals surface area contributed by atoms with Gasteiger partial charge in [0.15, 0.2) is 0 Å². The fourth-order valence-electron chi connectivity index (χ4n) is 3.64.